The molecule has 0 saturated heterocycles. The Labute approximate surface area is 102 Å². The lowest BCUT2D eigenvalue weighted by atomic mass is 10.2. The third-order valence-corrected chi connectivity index (χ3v) is 2.61. The molecule has 5 nitrogen and oxygen atoms in total. The van der Waals surface area contributed by atoms with E-state index in [1.54, 1.807) is 0 Å². The fraction of sp³-hybridized carbons (Fsp3) is 0.333. The third-order valence-electron chi connectivity index (χ3n) is 1.89. The molecule has 0 aliphatic rings. The van der Waals surface area contributed by atoms with Crippen LogP contribution in [0.25, 0.3) is 0 Å². The molecule has 1 aromatic carbocycles. The number of aliphatic hydroxyl groups excluding tert-OH is 1. The van der Waals surface area contributed by atoms with E-state index in [1.165, 1.54) is 12.1 Å². The quantitative estimate of drug-likeness (QED) is 0.487. The van der Waals surface area contributed by atoms with Crippen LogP contribution in [0.1, 0.15) is 6.42 Å². The SMILES string of the molecule is O=[N+]([O-])c1cc(Cl)c(Cl)cc1NCCCO. The van der Waals surface area contributed by atoms with Gasteiger partial charge in [-0.25, -0.2) is 0 Å². The van der Waals surface area contributed by atoms with Crippen LogP contribution in [-0.2, 0) is 0 Å². The summed E-state index contributed by atoms with van der Waals surface area (Å²) in [7, 11) is 0. The second-order valence-electron chi connectivity index (χ2n) is 3.04. The van der Waals surface area contributed by atoms with Gasteiger partial charge in [-0.1, -0.05) is 23.2 Å². The first-order chi connectivity index (χ1) is 7.56. The summed E-state index contributed by atoms with van der Waals surface area (Å²) in [5.41, 5.74) is 0.167. The summed E-state index contributed by atoms with van der Waals surface area (Å²) in [6.07, 6.45) is 0.497. The van der Waals surface area contributed by atoms with Crippen LogP contribution < -0.4 is 5.32 Å². The number of nitrogens with zero attached hydrogens (tertiary/aromatic N) is 1. The number of nitrogens with one attached hydrogen (secondary N) is 1. The van der Waals surface area contributed by atoms with E-state index < -0.39 is 4.92 Å². The maximum Gasteiger partial charge on any atom is 0.293 e. The van der Waals surface area contributed by atoms with Gasteiger partial charge in [0.1, 0.15) is 5.69 Å². The van der Waals surface area contributed by atoms with Crippen molar-refractivity contribution in [1.82, 2.24) is 0 Å². The van der Waals surface area contributed by atoms with Gasteiger partial charge in [-0.2, -0.15) is 0 Å². The Kier molecular flexibility index (Phi) is 4.79. The first kappa shape index (κ1) is 13.0. The Morgan fingerprint density at radius 3 is 2.56 bits per heavy atom. The fourth-order valence-corrected chi connectivity index (χ4v) is 1.45. The predicted molar refractivity (Wildman–Crippen MR) is 63.3 cm³/mol. The molecule has 0 spiro atoms. The fourth-order valence-electron chi connectivity index (χ4n) is 1.13. The second kappa shape index (κ2) is 5.89. The molecule has 0 aliphatic carbocycles. The minimum absolute atomic E-state index is 0.0160. The zero-order chi connectivity index (χ0) is 12.1. The average Bonchev–Trinajstić information content (AvgIpc) is 2.23. The number of nitro benzene ring substituents is 1. The molecule has 16 heavy (non-hydrogen) atoms. The lowest BCUT2D eigenvalue weighted by Gasteiger charge is -2.07. The van der Waals surface area contributed by atoms with E-state index in [0.717, 1.165) is 0 Å². The monoisotopic (exact) mass is 264 g/mol. The maximum atomic E-state index is 10.7. The van der Waals surface area contributed by atoms with Crippen molar-refractivity contribution in [2.45, 2.75) is 6.42 Å². The van der Waals surface area contributed by atoms with Gasteiger partial charge in [-0.15, -0.1) is 0 Å². The van der Waals surface area contributed by atoms with E-state index >= 15 is 0 Å². The summed E-state index contributed by atoms with van der Waals surface area (Å²) in [6.45, 7) is 0.442. The molecule has 1 aromatic rings. The van der Waals surface area contributed by atoms with Crippen molar-refractivity contribution in [2.75, 3.05) is 18.5 Å². The topological polar surface area (TPSA) is 75.4 Å². The molecule has 0 radical (unpaired) electrons. The zero-order valence-corrected chi connectivity index (χ0v) is 9.75. The van der Waals surface area contributed by atoms with Crippen LogP contribution in [0.5, 0.6) is 0 Å². The number of halogens is 2. The van der Waals surface area contributed by atoms with Gasteiger partial charge in [0.05, 0.1) is 15.0 Å². The van der Waals surface area contributed by atoms with Gasteiger partial charge in [-0.05, 0) is 12.5 Å². The molecule has 0 fully saturated rings. The molecular formula is C9H10Cl2N2O3. The van der Waals surface area contributed by atoms with Crippen molar-refractivity contribution in [3.05, 3.63) is 32.3 Å². The standard InChI is InChI=1S/C9H10Cl2N2O3/c10-6-4-8(12-2-1-3-14)9(13(15)16)5-7(6)11/h4-5,12,14H,1-3H2. The average molecular weight is 265 g/mol. The van der Waals surface area contributed by atoms with Gasteiger partial charge in [0, 0.05) is 19.2 Å². The third kappa shape index (κ3) is 3.23. The van der Waals surface area contributed by atoms with E-state index in [2.05, 4.69) is 5.32 Å². The van der Waals surface area contributed by atoms with Gasteiger partial charge < -0.3 is 10.4 Å². The molecular weight excluding hydrogens is 255 g/mol. The summed E-state index contributed by atoms with van der Waals surface area (Å²) in [6, 6.07) is 2.60. The van der Waals surface area contributed by atoms with Gasteiger partial charge in [0.25, 0.3) is 5.69 Å². The van der Waals surface area contributed by atoms with E-state index in [9.17, 15) is 10.1 Å². The lowest BCUT2D eigenvalue weighted by Crippen LogP contribution is -2.05. The highest BCUT2D eigenvalue weighted by Gasteiger charge is 2.16. The van der Waals surface area contributed by atoms with E-state index in [-0.39, 0.29) is 22.3 Å². The molecule has 0 unspecified atom stereocenters. The molecule has 0 amide bonds. The molecule has 0 bridgehead atoms. The highest BCUT2D eigenvalue weighted by molar-refractivity contribution is 6.42. The van der Waals surface area contributed by atoms with E-state index in [1.807, 2.05) is 0 Å². The first-order valence-electron chi connectivity index (χ1n) is 4.54. The summed E-state index contributed by atoms with van der Waals surface area (Å²) in [4.78, 5) is 10.2. The van der Waals surface area contributed by atoms with Gasteiger partial charge in [-0.3, -0.25) is 10.1 Å². The van der Waals surface area contributed by atoms with Crippen molar-refractivity contribution in [3.63, 3.8) is 0 Å². The largest absolute Gasteiger partial charge is 0.396 e. The van der Waals surface area contributed by atoms with Crippen molar-refractivity contribution >= 4 is 34.6 Å². The molecule has 2 N–H and O–H groups in total. The second-order valence-corrected chi connectivity index (χ2v) is 3.86. The molecule has 88 valence electrons. The Balaban J connectivity index is 2.95. The highest BCUT2D eigenvalue weighted by atomic mass is 35.5. The van der Waals surface area contributed by atoms with Crippen molar-refractivity contribution in [3.8, 4) is 0 Å². The van der Waals surface area contributed by atoms with E-state index in [4.69, 9.17) is 28.3 Å². The maximum absolute atomic E-state index is 10.7. The van der Waals surface area contributed by atoms with Crippen LogP contribution in [0.4, 0.5) is 11.4 Å². The molecule has 1 rings (SSSR count). The number of rotatable bonds is 5. The number of aliphatic hydroxyl groups is 1. The Hall–Kier alpha value is -1.04. The molecule has 0 heterocycles. The van der Waals surface area contributed by atoms with Crippen LogP contribution in [-0.4, -0.2) is 23.2 Å². The van der Waals surface area contributed by atoms with E-state index in [0.29, 0.717) is 18.7 Å². The molecule has 0 aliphatic heterocycles. The van der Waals surface area contributed by atoms with Gasteiger partial charge in [0.2, 0.25) is 0 Å². The lowest BCUT2D eigenvalue weighted by molar-refractivity contribution is -0.383. The van der Waals surface area contributed by atoms with Crippen molar-refractivity contribution < 1.29 is 10.0 Å². The Morgan fingerprint density at radius 1 is 1.38 bits per heavy atom. The predicted octanol–water partition coefficient (Wildman–Crippen LogP) is 2.70. The van der Waals surface area contributed by atoms with Crippen LogP contribution in [0.2, 0.25) is 10.0 Å². The molecule has 0 aromatic heterocycles. The number of nitro groups is 1. The summed E-state index contributed by atoms with van der Waals surface area (Å²) < 4.78 is 0. The Morgan fingerprint density at radius 2 is 2.00 bits per heavy atom. The number of benzene rings is 1. The molecule has 0 saturated carbocycles. The normalized spacial score (nSPS) is 10.2. The van der Waals surface area contributed by atoms with Crippen LogP contribution >= 0.6 is 23.2 Å². The van der Waals surface area contributed by atoms with Gasteiger partial charge >= 0.3 is 0 Å². The van der Waals surface area contributed by atoms with Crippen LogP contribution in [0.15, 0.2) is 12.1 Å². The van der Waals surface area contributed by atoms with Crippen molar-refractivity contribution in [2.24, 2.45) is 0 Å². The first-order valence-corrected chi connectivity index (χ1v) is 5.30. The molecule has 7 heteroatoms. The number of anilines is 1. The number of hydrogen-bond donors (Lipinski definition) is 2. The minimum atomic E-state index is -0.538. The van der Waals surface area contributed by atoms with Crippen molar-refractivity contribution in [1.29, 1.82) is 0 Å². The van der Waals surface area contributed by atoms with Crippen LogP contribution in [0.3, 0.4) is 0 Å². The smallest absolute Gasteiger partial charge is 0.293 e. The van der Waals surface area contributed by atoms with Gasteiger partial charge in [0.15, 0.2) is 0 Å². The summed E-state index contributed by atoms with van der Waals surface area (Å²) in [5, 5.41) is 22.5. The zero-order valence-electron chi connectivity index (χ0n) is 8.24. The number of hydrogen-bond acceptors (Lipinski definition) is 4. The summed E-state index contributed by atoms with van der Waals surface area (Å²) >= 11 is 11.4. The highest BCUT2D eigenvalue weighted by Crippen LogP contribution is 2.33. The van der Waals surface area contributed by atoms with Crippen LogP contribution in [0, 0.1) is 10.1 Å². The molecule has 0 atom stereocenters. The Bertz CT molecular complexity index is 399. The minimum Gasteiger partial charge on any atom is -0.396 e. The summed E-state index contributed by atoms with van der Waals surface area (Å²) in [5.74, 6) is 0.